The summed E-state index contributed by atoms with van der Waals surface area (Å²) >= 11 is 0. The maximum atomic E-state index is 12.4. The van der Waals surface area contributed by atoms with Crippen LogP contribution in [-0.4, -0.2) is 54.3 Å². The van der Waals surface area contributed by atoms with Crippen LogP contribution < -0.4 is 0 Å². The van der Waals surface area contributed by atoms with Gasteiger partial charge < -0.3 is 14.2 Å². The molecule has 2 atom stereocenters. The molecule has 0 radical (unpaired) electrons. The fourth-order valence-corrected chi connectivity index (χ4v) is 2.66. The third kappa shape index (κ3) is 5.20. The molecule has 1 unspecified atom stereocenters. The van der Waals surface area contributed by atoms with Crippen LogP contribution in [0.4, 0.5) is 10.5 Å². The van der Waals surface area contributed by atoms with Gasteiger partial charge in [-0.05, 0) is 20.8 Å². The van der Waals surface area contributed by atoms with E-state index in [0.29, 0.717) is 5.69 Å². The molecule has 0 N–H and O–H groups in total. The van der Waals surface area contributed by atoms with Gasteiger partial charge in [0.2, 0.25) is 0 Å². The number of carbonyl (C=O) groups is 3. The molecule has 1 aromatic rings. The van der Waals surface area contributed by atoms with Crippen LogP contribution >= 0.6 is 0 Å². The van der Waals surface area contributed by atoms with Crippen LogP contribution in [0.3, 0.4) is 0 Å². The van der Waals surface area contributed by atoms with E-state index in [0.717, 1.165) is 0 Å². The summed E-state index contributed by atoms with van der Waals surface area (Å²) in [5.41, 5.74) is -0.0287. The Bertz CT molecular complexity index is 760. The smallest absolute Gasteiger partial charge is 0.411 e. The summed E-state index contributed by atoms with van der Waals surface area (Å²) < 4.78 is 15.5. The zero-order valence-electron chi connectivity index (χ0n) is 15.7. The molecule has 1 amide bonds. The van der Waals surface area contributed by atoms with Crippen molar-refractivity contribution < 1.29 is 28.6 Å². The highest BCUT2D eigenvalue weighted by atomic mass is 16.6. The second-order valence-corrected chi connectivity index (χ2v) is 7.09. The normalized spacial score (nSPS) is 19.1. The summed E-state index contributed by atoms with van der Waals surface area (Å²) in [5, 5.41) is 0. The monoisotopic (exact) mass is 374 g/mol. The minimum Gasteiger partial charge on any atom is -0.467 e. The minimum atomic E-state index is -0.882. The van der Waals surface area contributed by atoms with Crippen LogP contribution in [0, 0.1) is 6.57 Å². The Labute approximate surface area is 157 Å². The summed E-state index contributed by atoms with van der Waals surface area (Å²) in [6.07, 6.45) is -1.22. The Kier molecular flexibility index (Phi) is 6.05. The molecule has 27 heavy (non-hydrogen) atoms. The standard InChI is InChI=1S/C19H22N2O6/c1-19(2,3)27-18(24)21-11-14(10-15(21)17(23)25-5)26-16(22)12-6-8-13(20-4)9-7-12/h6-9,14-15H,10-11H2,1-3,5H3/t14?,15-/m0/s1. The number of likely N-dealkylation sites (tertiary alicyclic amines) is 1. The molecule has 0 saturated carbocycles. The van der Waals surface area contributed by atoms with Crippen LogP contribution in [0.5, 0.6) is 0 Å². The first-order valence-electron chi connectivity index (χ1n) is 8.40. The molecule has 0 aromatic heterocycles. The van der Waals surface area contributed by atoms with E-state index >= 15 is 0 Å². The fraction of sp³-hybridized carbons (Fsp3) is 0.474. The van der Waals surface area contributed by atoms with E-state index in [2.05, 4.69) is 4.85 Å². The lowest BCUT2D eigenvalue weighted by Gasteiger charge is -2.27. The molecule has 2 rings (SSSR count). The second-order valence-electron chi connectivity index (χ2n) is 7.09. The average molecular weight is 374 g/mol. The molecule has 144 valence electrons. The maximum absolute atomic E-state index is 12.4. The maximum Gasteiger partial charge on any atom is 0.411 e. The van der Waals surface area contributed by atoms with Gasteiger partial charge in [-0.2, -0.15) is 0 Å². The predicted octanol–water partition coefficient (Wildman–Crippen LogP) is 2.95. The molecule has 1 aliphatic heterocycles. The van der Waals surface area contributed by atoms with Crippen molar-refractivity contribution in [2.45, 2.75) is 44.9 Å². The van der Waals surface area contributed by atoms with Crippen molar-refractivity contribution >= 4 is 23.7 Å². The van der Waals surface area contributed by atoms with E-state index in [1.165, 1.54) is 36.3 Å². The summed E-state index contributed by atoms with van der Waals surface area (Å²) in [5.74, 6) is -1.19. The van der Waals surface area contributed by atoms with Crippen LogP contribution in [0.1, 0.15) is 37.6 Å². The van der Waals surface area contributed by atoms with Gasteiger partial charge in [-0.3, -0.25) is 4.90 Å². The van der Waals surface area contributed by atoms with Crippen LogP contribution in [0.15, 0.2) is 24.3 Å². The van der Waals surface area contributed by atoms with Crippen molar-refractivity contribution in [1.82, 2.24) is 4.90 Å². The molecule has 8 heteroatoms. The number of methoxy groups -OCH3 is 1. The number of esters is 2. The molecule has 0 aliphatic carbocycles. The first-order valence-corrected chi connectivity index (χ1v) is 8.40. The molecular formula is C19H22N2O6. The van der Waals surface area contributed by atoms with Gasteiger partial charge in [-0.15, -0.1) is 0 Å². The van der Waals surface area contributed by atoms with Gasteiger partial charge in [0.15, 0.2) is 5.69 Å². The van der Waals surface area contributed by atoms with Crippen molar-refractivity contribution in [1.29, 1.82) is 0 Å². The third-order valence-corrected chi connectivity index (χ3v) is 3.87. The Hall–Kier alpha value is -3.08. The number of benzene rings is 1. The zero-order valence-corrected chi connectivity index (χ0v) is 15.7. The van der Waals surface area contributed by atoms with E-state index in [1.807, 2.05) is 0 Å². The molecule has 0 bridgehead atoms. The number of nitrogens with zero attached hydrogens (tertiary/aromatic N) is 2. The highest BCUT2D eigenvalue weighted by Crippen LogP contribution is 2.25. The van der Waals surface area contributed by atoms with Gasteiger partial charge in [0.1, 0.15) is 17.7 Å². The lowest BCUT2D eigenvalue weighted by Crippen LogP contribution is -2.44. The van der Waals surface area contributed by atoms with Gasteiger partial charge in [-0.25, -0.2) is 19.2 Å². The highest BCUT2D eigenvalue weighted by molar-refractivity contribution is 5.90. The SMILES string of the molecule is [C-]#[N+]c1ccc(C(=O)OC2C[C@@H](C(=O)OC)N(C(=O)OC(C)(C)C)C2)cc1. The number of ether oxygens (including phenoxy) is 3. The van der Waals surface area contributed by atoms with Crippen LogP contribution in [0.2, 0.25) is 0 Å². The highest BCUT2D eigenvalue weighted by Gasteiger charge is 2.43. The van der Waals surface area contributed by atoms with Gasteiger partial charge in [0.25, 0.3) is 0 Å². The van der Waals surface area contributed by atoms with E-state index in [-0.39, 0.29) is 18.5 Å². The number of rotatable bonds is 3. The summed E-state index contributed by atoms with van der Waals surface area (Å²) in [6, 6.07) is 5.14. The third-order valence-electron chi connectivity index (χ3n) is 3.87. The topological polar surface area (TPSA) is 86.5 Å². The van der Waals surface area contributed by atoms with Gasteiger partial charge in [0.05, 0.1) is 25.8 Å². The number of hydrogen-bond donors (Lipinski definition) is 0. The van der Waals surface area contributed by atoms with Crippen LogP contribution in [-0.2, 0) is 19.0 Å². The van der Waals surface area contributed by atoms with Crippen molar-refractivity contribution in [3.8, 4) is 0 Å². The Morgan fingerprint density at radius 2 is 1.81 bits per heavy atom. The molecular weight excluding hydrogens is 352 g/mol. The van der Waals surface area contributed by atoms with Crippen molar-refractivity contribution in [2.75, 3.05) is 13.7 Å². The minimum absolute atomic E-state index is 0.0283. The number of carbonyl (C=O) groups excluding carboxylic acids is 3. The van der Waals surface area contributed by atoms with Gasteiger partial charge in [0, 0.05) is 6.42 Å². The molecule has 1 aromatic carbocycles. The summed E-state index contributed by atoms with van der Waals surface area (Å²) in [6.45, 7) is 12.1. The van der Waals surface area contributed by atoms with E-state index in [4.69, 9.17) is 20.8 Å². The fourth-order valence-electron chi connectivity index (χ4n) is 2.66. The molecule has 8 nitrogen and oxygen atoms in total. The van der Waals surface area contributed by atoms with Gasteiger partial charge >= 0.3 is 18.0 Å². The summed E-state index contributed by atoms with van der Waals surface area (Å²) in [4.78, 5) is 41.2. The van der Waals surface area contributed by atoms with Gasteiger partial charge in [-0.1, -0.05) is 24.3 Å². The molecule has 1 saturated heterocycles. The van der Waals surface area contributed by atoms with E-state index in [1.54, 1.807) is 20.8 Å². The molecule has 1 fully saturated rings. The number of amides is 1. The Balaban J connectivity index is 2.09. The number of hydrogen-bond acceptors (Lipinski definition) is 6. The quantitative estimate of drug-likeness (QED) is 0.459. The van der Waals surface area contributed by atoms with Crippen molar-refractivity contribution in [3.63, 3.8) is 0 Å². The first kappa shape index (κ1) is 20.2. The Morgan fingerprint density at radius 1 is 1.19 bits per heavy atom. The van der Waals surface area contributed by atoms with E-state index < -0.39 is 35.8 Å². The lowest BCUT2D eigenvalue weighted by atomic mass is 10.2. The Morgan fingerprint density at radius 3 is 2.33 bits per heavy atom. The van der Waals surface area contributed by atoms with Crippen molar-refractivity contribution in [3.05, 3.63) is 41.2 Å². The lowest BCUT2D eigenvalue weighted by molar-refractivity contribution is -0.145. The van der Waals surface area contributed by atoms with Crippen molar-refractivity contribution in [2.24, 2.45) is 0 Å². The zero-order chi connectivity index (χ0) is 20.2. The second kappa shape index (κ2) is 8.08. The molecule has 0 spiro atoms. The summed E-state index contributed by atoms with van der Waals surface area (Å²) in [7, 11) is 1.23. The average Bonchev–Trinajstić information content (AvgIpc) is 3.03. The predicted molar refractivity (Wildman–Crippen MR) is 95.3 cm³/mol. The van der Waals surface area contributed by atoms with Crippen LogP contribution in [0.25, 0.3) is 4.85 Å². The largest absolute Gasteiger partial charge is 0.467 e. The molecule has 1 aliphatic rings. The first-order chi connectivity index (χ1) is 12.6. The molecule has 1 heterocycles. The van der Waals surface area contributed by atoms with E-state index in [9.17, 15) is 14.4 Å².